The Morgan fingerprint density at radius 3 is 1.63 bits per heavy atom. The fraction of sp³-hybridized carbons (Fsp3) is 0. The molecular formula is C51H29N5S. The molecule has 0 saturated heterocycles. The van der Waals surface area contributed by atoms with Crippen LogP contribution in [0, 0.1) is 0 Å². The van der Waals surface area contributed by atoms with Crippen LogP contribution >= 0.6 is 11.3 Å². The van der Waals surface area contributed by atoms with Crippen molar-refractivity contribution in [1.82, 2.24) is 23.9 Å². The predicted octanol–water partition coefficient (Wildman–Crippen LogP) is 13.5. The van der Waals surface area contributed by atoms with Gasteiger partial charge in [0.1, 0.15) is 0 Å². The molecule has 0 fully saturated rings. The molecule has 13 rings (SSSR count). The number of nitrogens with zero attached hydrogens (tertiary/aromatic N) is 5. The summed E-state index contributed by atoms with van der Waals surface area (Å²) in [5.74, 6) is 1.85. The highest BCUT2D eigenvalue weighted by Crippen LogP contribution is 2.47. The zero-order valence-corrected chi connectivity index (χ0v) is 31.2. The molecule has 0 unspecified atom stereocenters. The van der Waals surface area contributed by atoms with E-state index >= 15 is 0 Å². The lowest BCUT2D eigenvalue weighted by molar-refractivity contribution is 0.953. The number of hydrogen-bond donors (Lipinski definition) is 0. The number of rotatable bonds is 3. The third kappa shape index (κ3) is 4.30. The lowest BCUT2D eigenvalue weighted by atomic mass is 10.0. The summed E-state index contributed by atoms with van der Waals surface area (Å²) in [6, 6.07) is 63.1. The number of fused-ring (bicyclic) bond motifs is 11. The second kappa shape index (κ2) is 11.6. The SMILES string of the molecule is c1ccc(-c2nc(-c3ccccc3)nc(-n3c4ccccc4c4cc5c6ccc7sc8cccc9c%10ccccc%10c%10ccccc%10n(c5cc43)c6c7c89)n2)cc1. The minimum atomic E-state index is 0.582. The summed E-state index contributed by atoms with van der Waals surface area (Å²) < 4.78 is 7.36. The highest BCUT2D eigenvalue weighted by Gasteiger charge is 2.23. The smallest absolute Gasteiger partial charge is 0.238 e. The molecule has 0 N–H and O–H groups in total. The summed E-state index contributed by atoms with van der Waals surface area (Å²) in [7, 11) is 0. The van der Waals surface area contributed by atoms with Crippen molar-refractivity contribution in [3.05, 3.63) is 176 Å². The first-order valence-corrected chi connectivity index (χ1v) is 20.0. The van der Waals surface area contributed by atoms with E-state index in [4.69, 9.17) is 15.0 Å². The summed E-state index contributed by atoms with van der Waals surface area (Å²) in [4.78, 5) is 15.5. The Balaban J connectivity index is 1.25. The Bertz CT molecular complexity index is 3750. The number of thiophene rings is 1. The normalized spacial score (nSPS) is 12.2. The molecule has 6 heteroatoms. The second-order valence-corrected chi connectivity index (χ2v) is 15.9. The maximum atomic E-state index is 5.24. The van der Waals surface area contributed by atoms with Gasteiger partial charge in [0.2, 0.25) is 5.95 Å². The van der Waals surface area contributed by atoms with Gasteiger partial charge in [0.25, 0.3) is 0 Å². The first-order chi connectivity index (χ1) is 28.3. The van der Waals surface area contributed by atoms with Crippen molar-refractivity contribution in [3.8, 4) is 28.7 Å². The molecule has 5 aromatic heterocycles. The minimum Gasteiger partial charge on any atom is -0.308 e. The van der Waals surface area contributed by atoms with Gasteiger partial charge < -0.3 is 4.40 Å². The zero-order valence-electron chi connectivity index (χ0n) is 30.4. The van der Waals surface area contributed by atoms with E-state index in [0.717, 1.165) is 44.0 Å². The van der Waals surface area contributed by atoms with Crippen molar-refractivity contribution in [3.63, 3.8) is 0 Å². The molecule has 0 amide bonds. The van der Waals surface area contributed by atoms with Crippen molar-refractivity contribution in [2.75, 3.05) is 0 Å². The van der Waals surface area contributed by atoms with Crippen molar-refractivity contribution in [2.45, 2.75) is 0 Å². The molecule has 0 atom stereocenters. The van der Waals surface area contributed by atoms with Gasteiger partial charge in [-0.2, -0.15) is 9.97 Å². The number of benzene rings is 8. The van der Waals surface area contributed by atoms with Crippen LogP contribution in [0.1, 0.15) is 0 Å². The van der Waals surface area contributed by atoms with Crippen LogP contribution in [0.5, 0.6) is 0 Å². The maximum Gasteiger partial charge on any atom is 0.238 e. The highest BCUT2D eigenvalue weighted by molar-refractivity contribution is 7.26. The van der Waals surface area contributed by atoms with Crippen molar-refractivity contribution >= 4 is 102 Å². The van der Waals surface area contributed by atoms with Gasteiger partial charge in [-0.25, -0.2) is 4.98 Å². The fourth-order valence-electron chi connectivity index (χ4n) is 9.30. The summed E-state index contributed by atoms with van der Waals surface area (Å²) in [5.41, 5.74) is 7.50. The van der Waals surface area contributed by atoms with Crippen molar-refractivity contribution in [2.24, 2.45) is 0 Å². The average molecular weight is 744 g/mol. The van der Waals surface area contributed by atoms with Crippen LogP contribution in [0.4, 0.5) is 0 Å². The molecule has 8 aromatic carbocycles. The molecule has 13 aromatic rings. The second-order valence-electron chi connectivity index (χ2n) is 14.8. The van der Waals surface area contributed by atoms with Gasteiger partial charge in [-0.3, -0.25) is 4.57 Å². The molecular weight excluding hydrogens is 715 g/mol. The summed E-state index contributed by atoms with van der Waals surface area (Å²) >= 11 is 1.88. The topological polar surface area (TPSA) is 48.0 Å². The van der Waals surface area contributed by atoms with Gasteiger partial charge in [0, 0.05) is 58.2 Å². The van der Waals surface area contributed by atoms with E-state index in [2.05, 4.69) is 148 Å². The van der Waals surface area contributed by atoms with Gasteiger partial charge in [-0.05, 0) is 52.6 Å². The van der Waals surface area contributed by atoms with E-state index in [-0.39, 0.29) is 0 Å². The molecule has 0 aliphatic rings. The molecule has 5 heterocycles. The van der Waals surface area contributed by atoms with E-state index in [0.29, 0.717) is 17.6 Å². The van der Waals surface area contributed by atoms with Crippen LogP contribution in [-0.2, 0) is 0 Å². The quantitative estimate of drug-likeness (QED) is 0.181. The first-order valence-electron chi connectivity index (χ1n) is 19.2. The monoisotopic (exact) mass is 743 g/mol. The average Bonchev–Trinajstić information content (AvgIpc) is 3.94. The summed E-state index contributed by atoms with van der Waals surface area (Å²) in [6.45, 7) is 0. The standard InChI is InChI=1S/C51H29N5S/c1-3-14-30(15-4-1)49-52-50(31-16-5-2-6-17-31)54-51(53-49)56-41-24-12-10-21-35(41)38-28-39-37-26-27-45-47-46-36(22-13-25-44(46)57-45)33-19-8-7-18-32(33)34-20-9-11-23-40(34)55(48(37)47)42(39)29-43(38)56/h1-29H. The molecule has 264 valence electrons. The molecule has 57 heavy (non-hydrogen) atoms. The van der Waals surface area contributed by atoms with E-state index in [1.165, 1.54) is 58.0 Å². The Morgan fingerprint density at radius 2 is 0.912 bits per heavy atom. The third-order valence-electron chi connectivity index (χ3n) is 11.7. The van der Waals surface area contributed by atoms with E-state index in [1.54, 1.807) is 0 Å². The molecule has 0 saturated carbocycles. The van der Waals surface area contributed by atoms with Crippen LogP contribution < -0.4 is 0 Å². The minimum absolute atomic E-state index is 0.582. The Kier molecular flexibility index (Phi) is 6.26. The summed E-state index contributed by atoms with van der Waals surface area (Å²) in [5, 5.41) is 12.3. The van der Waals surface area contributed by atoms with E-state index in [1.807, 2.05) is 47.7 Å². The molecule has 0 aliphatic heterocycles. The third-order valence-corrected chi connectivity index (χ3v) is 12.8. The van der Waals surface area contributed by atoms with Crippen LogP contribution in [0.3, 0.4) is 0 Å². The largest absolute Gasteiger partial charge is 0.308 e. The first kappa shape index (κ1) is 30.9. The van der Waals surface area contributed by atoms with Crippen molar-refractivity contribution in [1.29, 1.82) is 0 Å². The number of para-hydroxylation sites is 2. The molecule has 0 spiro atoms. The lowest BCUT2D eigenvalue weighted by Gasteiger charge is -2.11. The zero-order chi connectivity index (χ0) is 37.2. The van der Waals surface area contributed by atoms with Crippen LogP contribution in [-0.4, -0.2) is 23.9 Å². The van der Waals surface area contributed by atoms with E-state index < -0.39 is 0 Å². The Labute approximate surface area is 329 Å². The molecule has 0 bridgehead atoms. The maximum absolute atomic E-state index is 5.24. The van der Waals surface area contributed by atoms with Crippen LogP contribution in [0.2, 0.25) is 0 Å². The fourth-order valence-corrected chi connectivity index (χ4v) is 10.4. The molecule has 0 radical (unpaired) electrons. The number of aromatic nitrogens is 5. The van der Waals surface area contributed by atoms with Gasteiger partial charge in [0.15, 0.2) is 11.6 Å². The Morgan fingerprint density at radius 1 is 0.351 bits per heavy atom. The summed E-state index contributed by atoms with van der Waals surface area (Å²) in [6.07, 6.45) is 0. The predicted molar refractivity (Wildman–Crippen MR) is 239 cm³/mol. The Hall–Kier alpha value is -7.41. The van der Waals surface area contributed by atoms with Gasteiger partial charge >= 0.3 is 0 Å². The number of hydrogen-bond acceptors (Lipinski definition) is 4. The van der Waals surface area contributed by atoms with Gasteiger partial charge in [0.05, 0.1) is 27.6 Å². The van der Waals surface area contributed by atoms with Crippen LogP contribution in [0.25, 0.3) is 120 Å². The van der Waals surface area contributed by atoms with Gasteiger partial charge in [-0.1, -0.05) is 140 Å². The lowest BCUT2D eigenvalue weighted by Crippen LogP contribution is -2.06. The molecule has 5 nitrogen and oxygen atoms in total. The van der Waals surface area contributed by atoms with Gasteiger partial charge in [-0.15, -0.1) is 11.3 Å². The van der Waals surface area contributed by atoms with E-state index in [9.17, 15) is 0 Å². The van der Waals surface area contributed by atoms with Crippen molar-refractivity contribution < 1.29 is 0 Å². The molecule has 0 aliphatic carbocycles. The highest BCUT2D eigenvalue weighted by atomic mass is 32.1. The van der Waals surface area contributed by atoms with Crippen LogP contribution in [0.15, 0.2) is 176 Å².